The van der Waals surface area contributed by atoms with E-state index >= 15 is 0 Å². The van der Waals surface area contributed by atoms with E-state index in [1.54, 1.807) is 11.0 Å². The SMILES string of the molecule is O=C(c1ccn(C2CCCC2)n1)N1C[C@H]2COCC[C@@]2(C(=O)O)C1. The van der Waals surface area contributed by atoms with Crippen molar-refractivity contribution in [3.63, 3.8) is 0 Å². The first-order valence-corrected chi connectivity index (χ1v) is 8.76. The Bertz CT molecular complexity index is 652. The van der Waals surface area contributed by atoms with Crippen LogP contribution >= 0.6 is 0 Å². The van der Waals surface area contributed by atoms with Crippen molar-refractivity contribution < 1.29 is 19.4 Å². The molecule has 7 heteroatoms. The number of carboxylic acid groups (broad SMARTS) is 1. The van der Waals surface area contributed by atoms with Crippen LogP contribution in [0.3, 0.4) is 0 Å². The minimum Gasteiger partial charge on any atom is -0.481 e. The molecule has 3 fully saturated rings. The molecule has 1 N–H and O–H groups in total. The summed E-state index contributed by atoms with van der Waals surface area (Å²) < 4.78 is 7.35. The molecule has 0 radical (unpaired) electrons. The molecular formula is C17H23N3O4. The quantitative estimate of drug-likeness (QED) is 0.907. The molecule has 2 atom stereocenters. The van der Waals surface area contributed by atoms with E-state index in [0.717, 1.165) is 12.8 Å². The van der Waals surface area contributed by atoms with Gasteiger partial charge in [0, 0.05) is 31.8 Å². The number of carbonyl (C=O) groups excluding carboxylic acids is 1. The van der Waals surface area contributed by atoms with Crippen LogP contribution in [0.15, 0.2) is 12.3 Å². The molecule has 1 amide bonds. The van der Waals surface area contributed by atoms with Gasteiger partial charge in [-0.3, -0.25) is 14.3 Å². The van der Waals surface area contributed by atoms with Gasteiger partial charge in [-0.15, -0.1) is 0 Å². The fourth-order valence-electron chi connectivity index (χ4n) is 4.44. The zero-order chi connectivity index (χ0) is 16.7. The van der Waals surface area contributed by atoms with Crippen LogP contribution in [-0.4, -0.2) is 58.0 Å². The molecule has 1 aromatic rings. The molecule has 1 saturated carbocycles. The second-order valence-corrected chi connectivity index (χ2v) is 7.29. The monoisotopic (exact) mass is 333 g/mol. The number of likely N-dealkylation sites (tertiary alicyclic amines) is 1. The normalized spacial score (nSPS) is 30.5. The topological polar surface area (TPSA) is 84.7 Å². The van der Waals surface area contributed by atoms with Crippen LogP contribution in [0.25, 0.3) is 0 Å². The second kappa shape index (κ2) is 5.88. The third kappa shape index (κ3) is 2.42. The van der Waals surface area contributed by atoms with Gasteiger partial charge in [-0.2, -0.15) is 5.10 Å². The Balaban J connectivity index is 1.52. The Kier molecular flexibility index (Phi) is 3.83. The summed E-state index contributed by atoms with van der Waals surface area (Å²) in [5.74, 6) is -1.12. The summed E-state index contributed by atoms with van der Waals surface area (Å²) in [6.07, 6.45) is 6.99. The van der Waals surface area contributed by atoms with E-state index < -0.39 is 11.4 Å². The summed E-state index contributed by atoms with van der Waals surface area (Å²) in [6.45, 7) is 1.54. The van der Waals surface area contributed by atoms with Crippen molar-refractivity contribution >= 4 is 11.9 Å². The molecule has 4 rings (SSSR count). The zero-order valence-corrected chi connectivity index (χ0v) is 13.7. The van der Waals surface area contributed by atoms with Crippen LogP contribution in [0.1, 0.15) is 48.6 Å². The number of fused-ring (bicyclic) bond motifs is 1. The van der Waals surface area contributed by atoms with E-state index in [0.29, 0.717) is 37.9 Å². The maximum absolute atomic E-state index is 12.8. The van der Waals surface area contributed by atoms with Crippen molar-refractivity contribution in [2.24, 2.45) is 11.3 Å². The van der Waals surface area contributed by atoms with Gasteiger partial charge in [-0.05, 0) is 25.3 Å². The Morgan fingerprint density at radius 2 is 2.12 bits per heavy atom. The fourth-order valence-corrected chi connectivity index (χ4v) is 4.44. The third-order valence-electron chi connectivity index (χ3n) is 5.95. The summed E-state index contributed by atoms with van der Waals surface area (Å²) in [7, 11) is 0. The highest BCUT2D eigenvalue weighted by Crippen LogP contribution is 2.42. The smallest absolute Gasteiger partial charge is 0.311 e. The number of carbonyl (C=O) groups is 2. The van der Waals surface area contributed by atoms with Gasteiger partial charge < -0.3 is 14.7 Å². The molecule has 130 valence electrons. The third-order valence-corrected chi connectivity index (χ3v) is 5.95. The zero-order valence-electron chi connectivity index (χ0n) is 13.7. The van der Waals surface area contributed by atoms with Crippen molar-refractivity contribution in [1.29, 1.82) is 0 Å². The molecule has 2 aliphatic heterocycles. The van der Waals surface area contributed by atoms with Crippen molar-refractivity contribution in [2.75, 3.05) is 26.3 Å². The summed E-state index contributed by atoms with van der Waals surface area (Å²) in [4.78, 5) is 26.3. The van der Waals surface area contributed by atoms with Gasteiger partial charge in [-0.1, -0.05) is 12.8 Å². The Morgan fingerprint density at radius 1 is 1.33 bits per heavy atom. The van der Waals surface area contributed by atoms with E-state index in [1.807, 2.05) is 10.9 Å². The van der Waals surface area contributed by atoms with E-state index in [-0.39, 0.29) is 18.4 Å². The molecule has 0 unspecified atom stereocenters. The lowest BCUT2D eigenvalue weighted by molar-refractivity contribution is -0.157. The molecule has 2 saturated heterocycles. The van der Waals surface area contributed by atoms with Gasteiger partial charge in [0.1, 0.15) is 5.69 Å². The van der Waals surface area contributed by atoms with E-state index in [4.69, 9.17) is 4.74 Å². The van der Waals surface area contributed by atoms with Crippen molar-refractivity contribution in [1.82, 2.24) is 14.7 Å². The second-order valence-electron chi connectivity index (χ2n) is 7.29. The number of nitrogens with zero attached hydrogens (tertiary/aromatic N) is 3. The molecule has 0 bridgehead atoms. The number of amides is 1. The molecule has 3 heterocycles. The Hall–Kier alpha value is -1.89. The number of rotatable bonds is 3. The lowest BCUT2D eigenvalue weighted by Crippen LogP contribution is -2.45. The standard InChI is InChI=1S/C17H23N3O4/c21-15(14-5-7-20(18-14)13-3-1-2-4-13)19-9-12-10-24-8-6-17(12,11-19)16(22)23/h5,7,12-13H,1-4,6,8-11H2,(H,22,23)/t12-,17+/m0/s1. The minimum absolute atomic E-state index is 0.135. The predicted molar refractivity (Wildman–Crippen MR) is 84.6 cm³/mol. The minimum atomic E-state index is -0.859. The summed E-state index contributed by atoms with van der Waals surface area (Å²) in [5, 5.41) is 14.2. The number of hydrogen-bond donors (Lipinski definition) is 1. The summed E-state index contributed by atoms with van der Waals surface area (Å²) in [6, 6.07) is 2.15. The maximum Gasteiger partial charge on any atom is 0.311 e. The van der Waals surface area contributed by atoms with Gasteiger partial charge in [0.05, 0.1) is 18.1 Å². The number of aliphatic carboxylic acids is 1. The Morgan fingerprint density at radius 3 is 2.83 bits per heavy atom. The highest BCUT2D eigenvalue weighted by Gasteiger charge is 2.55. The van der Waals surface area contributed by atoms with E-state index in [1.165, 1.54) is 12.8 Å². The molecule has 24 heavy (non-hydrogen) atoms. The largest absolute Gasteiger partial charge is 0.481 e. The van der Waals surface area contributed by atoms with Gasteiger partial charge >= 0.3 is 5.97 Å². The molecule has 7 nitrogen and oxygen atoms in total. The van der Waals surface area contributed by atoms with Crippen LogP contribution in [0, 0.1) is 11.3 Å². The van der Waals surface area contributed by atoms with Gasteiger partial charge in [-0.25, -0.2) is 0 Å². The molecule has 0 spiro atoms. The first-order valence-electron chi connectivity index (χ1n) is 8.76. The molecule has 3 aliphatic rings. The predicted octanol–water partition coefficient (Wildman–Crippen LogP) is 1.56. The molecule has 1 aliphatic carbocycles. The van der Waals surface area contributed by atoms with Crippen LogP contribution in [0.4, 0.5) is 0 Å². The highest BCUT2D eigenvalue weighted by molar-refractivity contribution is 5.93. The highest BCUT2D eigenvalue weighted by atomic mass is 16.5. The number of aromatic nitrogens is 2. The molecule has 1 aromatic heterocycles. The van der Waals surface area contributed by atoms with Crippen molar-refractivity contribution in [2.45, 2.75) is 38.1 Å². The first kappa shape index (κ1) is 15.6. The van der Waals surface area contributed by atoms with Crippen molar-refractivity contribution in [3.8, 4) is 0 Å². The molecular weight excluding hydrogens is 310 g/mol. The number of hydrogen-bond acceptors (Lipinski definition) is 4. The Labute approximate surface area is 140 Å². The average Bonchev–Trinajstić information content (AvgIpc) is 3.30. The molecule has 0 aromatic carbocycles. The van der Waals surface area contributed by atoms with E-state index in [2.05, 4.69) is 5.10 Å². The van der Waals surface area contributed by atoms with Gasteiger partial charge in [0.2, 0.25) is 0 Å². The van der Waals surface area contributed by atoms with E-state index in [9.17, 15) is 14.7 Å². The summed E-state index contributed by atoms with van der Waals surface area (Å²) >= 11 is 0. The van der Waals surface area contributed by atoms with Crippen LogP contribution in [-0.2, 0) is 9.53 Å². The fraction of sp³-hybridized carbons (Fsp3) is 0.706. The number of ether oxygens (including phenoxy) is 1. The average molecular weight is 333 g/mol. The maximum atomic E-state index is 12.8. The first-order chi connectivity index (χ1) is 11.6. The lowest BCUT2D eigenvalue weighted by atomic mass is 9.74. The van der Waals surface area contributed by atoms with Crippen LogP contribution in [0.5, 0.6) is 0 Å². The van der Waals surface area contributed by atoms with Gasteiger partial charge in [0.15, 0.2) is 0 Å². The van der Waals surface area contributed by atoms with Crippen LogP contribution in [0.2, 0.25) is 0 Å². The lowest BCUT2D eigenvalue weighted by Gasteiger charge is -2.33. The summed E-state index contributed by atoms with van der Waals surface area (Å²) in [5.41, 5.74) is -0.441. The number of carboxylic acids is 1. The van der Waals surface area contributed by atoms with Crippen molar-refractivity contribution in [3.05, 3.63) is 18.0 Å². The van der Waals surface area contributed by atoms with Crippen LogP contribution < -0.4 is 0 Å². The van der Waals surface area contributed by atoms with Gasteiger partial charge in [0.25, 0.3) is 5.91 Å².